The second-order valence-electron chi connectivity index (χ2n) is 8.12. The zero-order valence-corrected chi connectivity index (χ0v) is 16.5. The molecule has 2 aromatic rings. The van der Waals surface area contributed by atoms with Gasteiger partial charge in [-0.1, -0.05) is 36.4 Å². The lowest BCUT2D eigenvalue weighted by Gasteiger charge is -2.55. The first-order chi connectivity index (χ1) is 13.2. The average molecular weight is 367 g/mol. The fraction of sp³-hybridized carbons (Fsp3) is 0.478. The predicted octanol–water partition coefficient (Wildman–Crippen LogP) is 3.80. The summed E-state index contributed by atoms with van der Waals surface area (Å²) in [5.41, 5.74) is 3.14. The molecule has 2 aromatic carbocycles. The zero-order chi connectivity index (χ0) is 18.7. The van der Waals surface area contributed by atoms with Crippen LogP contribution in [-0.2, 0) is 13.1 Å². The Kier molecular flexibility index (Phi) is 5.37. The first kappa shape index (κ1) is 18.3. The first-order valence-electron chi connectivity index (χ1n) is 9.89. The van der Waals surface area contributed by atoms with Gasteiger partial charge in [0.2, 0.25) is 0 Å². The molecule has 4 nitrogen and oxygen atoms in total. The van der Waals surface area contributed by atoms with Gasteiger partial charge in [-0.25, -0.2) is 0 Å². The highest BCUT2D eigenvalue weighted by atomic mass is 16.5. The molecule has 2 fully saturated rings. The highest BCUT2D eigenvalue weighted by Gasteiger charge is 2.45. The monoisotopic (exact) mass is 366 g/mol. The lowest BCUT2D eigenvalue weighted by molar-refractivity contribution is -0.0608. The average Bonchev–Trinajstić information content (AvgIpc) is 2.68. The van der Waals surface area contributed by atoms with E-state index in [1.165, 1.54) is 50.1 Å². The van der Waals surface area contributed by atoms with E-state index in [1.807, 2.05) is 12.1 Å². The van der Waals surface area contributed by atoms with Gasteiger partial charge in [0.05, 0.1) is 14.2 Å². The van der Waals surface area contributed by atoms with E-state index >= 15 is 0 Å². The lowest BCUT2D eigenvalue weighted by Crippen LogP contribution is -2.62. The molecule has 0 bridgehead atoms. The van der Waals surface area contributed by atoms with Gasteiger partial charge >= 0.3 is 0 Å². The van der Waals surface area contributed by atoms with E-state index in [0.717, 1.165) is 24.6 Å². The number of ether oxygens (including phenoxy) is 2. The van der Waals surface area contributed by atoms with E-state index in [-0.39, 0.29) is 0 Å². The van der Waals surface area contributed by atoms with Gasteiger partial charge in [0, 0.05) is 49.8 Å². The lowest BCUT2D eigenvalue weighted by atomic mass is 9.73. The number of nitrogens with zero attached hydrogens (tertiary/aromatic N) is 2. The van der Waals surface area contributed by atoms with Gasteiger partial charge in [-0.05, 0) is 31.0 Å². The topological polar surface area (TPSA) is 24.9 Å². The van der Waals surface area contributed by atoms with Crippen molar-refractivity contribution in [3.8, 4) is 11.5 Å². The Morgan fingerprint density at radius 2 is 1.67 bits per heavy atom. The van der Waals surface area contributed by atoms with Gasteiger partial charge in [-0.3, -0.25) is 9.80 Å². The van der Waals surface area contributed by atoms with E-state index in [9.17, 15) is 0 Å². The Morgan fingerprint density at radius 3 is 2.41 bits per heavy atom. The maximum Gasteiger partial charge on any atom is 0.127 e. The van der Waals surface area contributed by atoms with Crippen LogP contribution in [0.1, 0.15) is 24.0 Å². The van der Waals surface area contributed by atoms with Crippen molar-refractivity contribution in [1.29, 1.82) is 0 Å². The third-order valence-electron chi connectivity index (χ3n) is 6.00. The van der Waals surface area contributed by atoms with Crippen molar-refractivity contribution in [2.24, 2.45) is 5.41 Å². The summed E-state index contributed by atoms with van der Waals surface area (Å²) in [5, 5.41) is 0. The fourth-order valence-electron chi connectivity index (χ4n) is 4.78. The molecule has 27 heavy (non-hydrogen) atoms. The number of rotatable bonds is 6. The standard InChI is InChI=1S/C23H30N2O2/c1-26-21-10-9-20(22(13-21)27-2)15-25-17-23(18-25)11-6-12-24(16-23)14-19-7-4-3-5-8-19/h3-5,7-10,13H,6,11-12,14-18H2,1-2H3. The van der Waals surface area contributed by atoms with Crippen molar-refractivity contribution < 1.29 is 9.47 Å². The summed E-state index contributed by atoms with van der Waals surface area (Å²) >= 11 is 0. The molecule has 144 valence electrons. The van der Waals surface area contributed by atoms with Gasteiger partial charge in [-0.2, -0.15) is 0 Å². The Balaban J connectivity index is 1.34. The van der Waals surface area contributed by atoms with Gasteiger partial charge in [0.1, 0.15) is 11.5 Å². The van der Waals surface area contributed by atoms with Crippen LogP contribution >= 0.6 is 0 Å². The minimum atomic E-state index is 0.479. The summed E-state index contributed by atoms with van der Waals surface area (Å²) in [5.74, 6) is 1.77. The molecule has 0 amide bonds. The molecule has 0 saturated carbocycles. The molecule has 4 heteroatoms. The fourth-order valence-corrected chi connectivity index (χ4v) is 4.78. The third-order valence-corrected chi connectivity index (χ3v) is 6.00. The normalized spacial score (nSPS) is 19.6. The number of methoxy groups -OCH3 is 2. The van der Waals surface area contributed by atoms with Crippen molar-refractivity contribution >= 4 is 0 Å². The van der Waals surface area contributed by atoms with Crippen LogP contribution in [0.25, 0.3) is 0 Å². The highest BCUT2D eigenvalue weighted by Crippen LogP contribution is 2.40. The SMILES string of the molecule is COc1ccc(CN2CC3(CCCN(Cc4ccccc4)C3)C2)c(OC)c1. The minimum Gasteiger partial charge on any atom is -0.497 e. The second kappa shape index (κ2) is 7.91. The molecule has 0 N–H and O–H groups in total. The van der Waals surface area contributed by atoms with E-state index < -0.39 is 0 Å². The summed E-state index contributed by atoms with van der Waals surface area (Å²) in [7, 11) is 3.43. The van der Waals surface area contributed by atoms with Crippen LogP contribution in [0.15, 0.2) is 48.5 Å². The Hall–Kier alpha value is -2.04. The molecule has 2 aliphatic rings. The van der Waals surface area contributed by atoms with Crippen molar-refractivity contribution in [2.75, 3.05) is 40.4 Å². The van der Waals surface area contributed by atoms with Crippen LogP contribution in [0.5, 0.6) is 11.5 Å². The van der Waals surface area contributed by atoms with E-state index in [1.54, 1.807) is 14.2 Å². The number of hydrogen-bond acceptors (Lipinski definition) is 4. The molecule has 2 heterocycles. The summed E-state index contributed by atoms with van der Waals surface area (Å²) < 4.78 is 10.9. The van der Waals surface area contributed by atoms with Crippen molar-refractivity contribution in [3.05, 3.63) is 59.7 Å². The maximum absolute atomic E-state index is 5.56. The number of likely N-dealkylation sites (tertiary alicyclic amines) is 2. The van der Waals surface area contributed by atoms with Gasteiger partial charge in [0.15, 0.2) is 0 Å². The van der Waals surface area contributed by atoms with Gasteiger partial charge in [-0.15, -0.1) is 0 Å². The van der Waals surface area contributed by atoms with Gasteiger partial charge in [0.25, 0.3) is 0 Å². The van der Waals surface area contributed by atoms with E-state index in [0.29, 0.717) is 5.41 Å². The van der Waals surface area contributed by atoms with Crippen molar-refractivity contribution in [1.82, 2.24) is 9.80 Å². The molecular formula is C23H30N2O2. The highest BCUT2D eigenvalue weighted by molar-refractivity contribution is 5.40. The second-order valence-corrected chi connectivity index (χ2v) is 8.12. The van der Waals surface area contributed by atoms with Crippen molar-refractivity contribution in [2.45, 2.75) is 25.9 Å². The van der Waals surface area contributed by atoms with Crippen LogP contribution in [-0.4, -0.2) is 50.2 Å². The molecule has 0 atom stereocenters. The van der Waals surface area contributed by atoms with E-state index in [4.69, 9.17) is 9.47 Å². The van der Waals surface area contributed by atoms with Crippen molar-refractivity contribution in [3.63, 3.8) is 0 Å². The Labute approximate surface area is 162 Å². The number of piperidine rings is 1. The molecule has 0 radical (unpaired) electrons. The molecule has 0 unspecified atom stereocenters. The van der Waals surface area contributed by atoms with Crippen LogP contribution < -0.4 is 9.47 Å². The molecule has 2 aliphatic heterocycles. The Morgan fingerprint density at radius 1 is 0.889 bits per heavy atom. The molecular weight excluding hydrogens is 336 g/mol. The summed E-state index contributed by atoms with van der Waals surface area (Å²) in [6.07, 6.45) is 2.67. The van der Waals surface area contributed by atoms with Gasteiger partial charge < -0.3 is 9.47 Å². The molecule has 4 rings (SSSR count). The van der Waals surface area contributed by atoms with Crippen LogP contribution in [0.2, 0.25) is 0 Å². The van der Waals surface area contributed by atoms with Crippen LogP contribution in [0.4, 0.5) is 0 Å². The summed E-state index contributed by atoms with van der Waals surface area (Å²) in [6.45, 7) is 6.85. The summed E-state index contributed by atoms with van der Waals surface area (Å²) in [6, 6.07) is 17.0. The number of benzene rings is 2. The molecule has 0 aromatic heterocycles. The maximum atomic E-state index is 5.56. The molecule has 0 aliphatic carbocycles. The van der Waals surface area contributed by atoms with E-state index in [2.05, 4.69) is 46.2 Å². The zero-order valence-electron chi connectivity index (χ0n) is 16.5. The predicted molar refractivity (Wildman–Crippen MR) is 108 cm³/mol. The first-order valence-corrected chi connectivity index (χ1v) is 9.89. The molecule has 2 saturated heterocycles. The third kappa shape index (κ3) is 4.12. The van der Waals surface area contributed by atoms with Crippen LogP contribution in [0, 0.1) is 5.41 Å². The quantitative estimate of drug-likeness (QED) is 0.776. The summed E-state index contributed by atoms with van der Waals surface area (Å²) in [4.78, 5) is 5.19. The smallest absolute Gasteiger partial charge is 0.127 e. The Bertz CT molecular complexity index is 756. The largest absolute Gasteiger partial charge is 0.497 e. The number of hydrogen-bond donors (Lipinski definition) is 0. The molecule has 1 spiro atoms. The minimum absolute atomic E-state index is 0.479. The van der Waals surface area contributed by atoms with Crippen LogP contribution in [0.3, 0.4) is 0 Å².